The maximum atomic E-state index is 12.1. The predicted molar refractivity (Wildman–Crippen MR) is 84.6 cm³/mol. The van der Waals surface area contributed by atoms with Crippen molar-refractivity contribution < 1.29 is 4.79 Å². The van der Waals surface area contributed by atoms with E-state index in [4.69, 9.17) is 0 Å². The molecule has 1 aliphatic rings. The molecular formula is C15H25N3OS. The summed E-state index contributed by atoms with van der Waals surface area (Å²) in [6.07, 6.45) is 1.95. The van der Waals surface area contributed by atoms with Crippen LogP contribution in [0.4, 0.5) is 0 Å². The standard InChI is InChI=1S/C15H25N3OS/c1-3-13-5-12-20-14(13)15(19)16-6-4-7-18-10-8-17(2)9-11-18/h5,12H,3-4,6-11H2,1-2H3,(H,16,19). The molecule has 1 fully saturated rings. The highest BCUT2D eigenvalue weighted by atomic mass is 32.1. The monoisotopic (exact) mass is 295 g/mol. The Hall–Kier alpha value is -0.910. The second kappa shape index (κ2) is 7.76. The Bertz CT molecular complexity index is 425. The number of nitrogens with zero attached hydrogens (tertiary/aromatic N) is 2. The Labute approximate surface area is 125 Å². The van der Waals surface area contributed by atoms with Crippen LogP contribution in [0.15, 0.2) is 11.4 Å². The van der Waals surface area contributed by atoms with E-state index >= 15 is 0 Å². The number of aryl methyl sites for hydroxylation is 1. The van der Waals surface area contributed by atoms with Gasteiger partial charge in [0.1, 0.15) is 0 Å². The van der Waals surface area contributed by atoms with Gasteiger partial charge in [0.15, 0.2) is 0 Å². The van der Waals surface area contributed by atoms with Gasteiger partial charge in [0, 0.05) is 32.7 Å². The van der Waals surface area contributed by atoms with Gasteiger partial charge in [0.25, 0.3) is 5.91 Å². The van der Waals surface area contributed by atoms with Gasteiger partial charge in [-0.2, -0.15) is 0 Å². The fourth-order valence-corrected chi connectivity index (χ4v) is 3.38. The van der Waals surface area contributed by atoms with Crippen molar-refractivity contribution in [2.75, 3.05) is 46.3 Å². The van der Waals surface area contributed by atoms with E-state index in [0.29, 0.717) is 0 Å². The van der Waals surface area contributed by atoms with Gasteiger partial charge in [-0.1, -0.05) is 6.92 Å². The lowest BCUT2D eigenvalue weighted by Crippen LogP contribution is -2.45. The number of hydrogen-bond donors (Lipinski definition) is 1. The first kappa shape index (κ1) is 15.5. The molecule has 4 nitrogen and oxygen atoms in total. The van der Waals surface area contributed by atoms with Crippen LogP contribution in [-0.2, 0) is 6.42 Å². The van der Waals surface area contributed by atoms with Crippen molar-refractivity contribution in [3.63, 3.8) is 0 Å². The molecule has 5 heteroatoms. The lowest BCUT2D eigenvalue weighted by molar-refractivity contribution is 0.0952. The molecule has 1 aliphatic heterocycles. The number of hydrogen-bond acceptors (Lipinski definition) is 4. The van der Waals surface area contributed by atoms with Crippen LogP contribution in [0, 0.1) is 0 Å². The van der Waals surface area contributed by atoms with E-state index in [1.165, 1.54) is 0 Å². The van der Waals surface area contributed by atoms with Gasteiger partial charge >= 0.3 is 0 Å². The first-order valence-electron chi connectivity index (χ1n) is 7.46. The molecule has 1 saturated heterocycles. The third kappa shape index (κ3) is 4.30. The van der Waals surface area contributed by atoms with E-state index in [2.05, 4.69) is 29.1 Å². The van der Waals surface area contributed by atoms with Crippen LogP contribution in [0.3, 0.4) is 0 Å². The summed E-state index contributed by atoms with van der Waals surface area (Å²) < 4.78 is 0. The van der Waals surface area contributed by atoms with Crippen LogP contribution in [0.1, 0.15) is 28.6 Å². The molecule has 1 N–H and O–H groups in total. The van der Waals surface area contributed by atoms with Gasteiger partial charge in [-0.3, -0.25) is 4.79 Å². The molecule has 1 aromatic rings. The number of carbonyl (C=O) groups excluding carboxylic acids is 1. The highest BCUT2D eigenvalue weighted by molar-refractivity contribution is 7.12. The smallest absolute Gasteiger partial charge is 0.261 e. The first-order valence-corrected chi connectivity index (χ1v) is 8.34. The second-order valence-electron chi connectivity index (χ2n) is 5.38. The Morgan fingerprint density at radius 2 is 2.10 bits per heavy atom. The quantitative estimate of drug-likeness (QED) is 0.811. The zero-order valence-corrected chi connectivity index (χ0v) is 13.3. The maximum Gasteiger partial charge on any atom is 0.261 e. The highest BCUT2D eigenvalue weighted by Gasteiger charge is 2.14. The molecule has 0 aromatic carbocycles. The van der Waals surface area contributed by atoms with E-state index in [1.807, 2.05) is 11.4 Å². The molecule has 1 amide bonds. The zero-order valence-electron chi connectivity index (χ0n) is 12.5. The van der Waals surface area contributed by atoms with Crippen LogP contribution < -0.4 is 5.32 Å². The summed E-state index contributed by atoms with van der Waals surface area (Å²) in [5.41, 5.74) is 1.16. The van der Waals surface area contributed by atoms with Crippen molar-refractivity contribution in [2.24, 2.45) is 0 Å². The van der Waals surface area contributed by atoms with Crippen LogP contribution in [0.5, 0.6) is 0 Å². The van der Waals surface area contributed by atoms with Gasteiger partial charge in [-0.15, -0.1) is 11.3 Å². The van der Waals surface area contributed by atoms with Crippen LogP contribution in [-0.4, -0.2) is 62.0 Å². The molecule has 0 atom stereocenters. The summed E-state index contributed by atoms with van der Waals surface area (Å²) >= 11 is 1.54. The average molecular weight is 295 g/mol. The number of carbonyl (C=O) groups is 1. The molecule has 2 heterocycles. The first-order chi connectivity index (χ1) is 9.70. The molecular weight excluding hydrogens is 270 g/mol. The fraction of sp³-hybridized carbons (Fsp3) is 0.667. The van der Waals surface area contributed by atoms with Crippen LogP contribution in [0.25, 0.3) is 0 Å². The number of thiophene rings is 1. The molecule has 0 saturated carbocycles. The molecule has 0 radical (unpaired) electrons. The Balaban J connectivity index is 1.65. The minimum atomic E-state index is 0.0928. The van der Waals surface area contributed by atoms with Gasteiger partial charge in [0.2, 0.25) is 0 Å². The summed E-state index contributed by atoms with van der Waals surface area (Å²) in [5, 5.41) is 5.04. The largest absolute Gasteiger partial charge is 0.351 e. The van der Waals surface area contributed by atoms with Crippen molar-refractivity contribution in [3.8, 4) is 0 Å². The number of piperazine rings is 1. The summed E-state index contributed by atoms with van der Waals surface area (Å²) in [7, 11) is 2.17. The molecule has 112 valence electrons. The lowest BCUT2D eigenvalue weighted by atomic mass is 10.2. The van der Waals surface area contributed by atoms with Gasteiger partial charge in [-0.25, -0.2) is 0 Å². The van der Waals surface area contributed by atoms with E-state index in [1.54, 1.807) is 11.3 Å². The lowest BCUT2D eigenvalue weighted by Gasteiger charge is -2.32. The molecule has 20 heavy (non-hydrogen) atoms. The molecule has 0 bridgehead atoms. The van der Waals surface area contributed by atoms with E-state index < -0.39 is 0 Å². The third-order valence-electron chi connectivity index (χ3n) is 3.87. The van der Waals surface area contributed by atoms with Gasteiger partial charge in [-0.05, 0) is 43.4 Å². The summed E-state index contributed by atoms with van der Waals surface area (Å²) in [4.78, 5) is 17.8. The summed E-state index contributed by atoms with van der Waals surface area (Å²) in [6.45, 7) is 8.55. The molecule has 0 aliphatic carbocycles. The zero-order chi connectivity index (χ0) is 14.4. The molecule has 0 spiro atoms. The van der Waals surface area contributed by atoms with Gasteiger partial charge in [0.05, 0.1) is 4.88 Å². The molecule has 2 rings (SSSR count). The van der Waals surface area contributed by atoms with Crippen LogP contribution >= 0.6 is 11.3 Å². The Morgan fingerprint density at radius 3 is 2.80 bits per heavy atom. The number of likely N-dealkylation sites (N-methyl/N-ethyl adjacent to an activating group) is 1. The summed E-state index contributed by atoms with van der Waals surface area (Å²) in [5.74, 6) is 0.0928. The van der Waals surface area contributed by atoms with Crippen molar-refractivity contribution in [2.45, 2.75) is 19.8 Å². The van der Waals surface area contributed by atoms with Crippen LogP contribution in [0.2, 0.25) is 0 Å². The third-order valence-corrected chi connectivity index (χ3v) is 4.82. The molecule has 1 aromatic heterocycles. The highest BCUT2D eigenvalue weighted by Crippen LogP contribution is 2.16. The summed E-state index contributed by atoms with van der Waals surface area (Å²) in [6, 6.07) is 2.05. The van der Waals surface area contributed by atoms with Crippen molar-refractivity contribution in [1.29, 1.82) is 0 Å². The number of amides is 1. The van der Waals surface area contributed by atoms with Crippen molar-refractivity contribution in [1.82, 2.24) is 15.1 Å². The SMILES string of the molecule is CCc1ccsc1C(=O)NCCCN1CCN(C)CC1. The van der Waals surface area contributed by atoms with E-state index in [0.717, 1.165) is 62.6 Å². The Kier molecular flexibility index (Phi) is 6.01. The van der Waals surface area contributed by atoms with Crippen molar-refractivity contribution >= 4 is 17.2 Å². The maximum absolute atomic E-state index is 12.1. The number of nitrogens with one attached hydrogen (secondary N) is 1. The Morgan fingerprint density at radius 1 is 1.35 bits per heavy atom. The fourth-order valence-electron chi connectivity index (χ4n) is 2.47. The van der Waals surface area contributed by atoms with Gasteiger partial charge < -0.3 is 15.1 Å². The second-order valence-corrected chi connectivity index (χ2v) is 6.30. The predicted octanol–water partition coefficient (Wildman–Crippen LogP) is 1.68. The van der Waals surface area contributed by atoms with E-state index in [-0.39, 0.29) is 5.91 Å². The molecule has 0 unspecified atom stereocenters. The van der Waals surface area contributed by atoms with E-state index in [9.17, 15) is 4.79 Å². The topological polar surface area (TPSA) is 35.6 Å². The minimum Gasteiger partial charge on any atom is -0.351 e. The number of rotatable bonds is 6. The van der Waals surface area contributed by atoms with Crippen molar-refractivity contribution in [3.05, 3.63) is 21.9 Å². The minimum absolute atomic E-state index is 0.0928. The normalized spacial score (nSPS) is 17.3. The average Bonchev–Trinajstić information content (AvgIpc) is 2.94.